The Hall–Kier alpha value is -1.55. The molecule has 1 heterocycles. The highest BCUT2D eigenvalue weighted by Gasteiger charge is 2.05. The molecule has 0 atom stereocenters. The largest absolute Gasteiger partial charge is 0.381 e. The number of anilines is 1. The molecule has 0 fully saturated rings. The summed E-state index contributed by atoms with van der Waals surface area (Å²) in [6.07, 6.45) is 3.24. The number of hydrogen-bond acceptors (Lipinski definition) is 4. The molecule has 1 aromatic heterocycles. The van der Waals surface area contributed by atoms with Crippen molar-refractivity contribution in [2.75, 3.05) is 5.73 Å². The SMILES string of the molecule is Cc1ccccc1Sc1nccnc1N. The molecule has 4 heteroatoms. The number of nitrogens with zero attached hydrogens (tertiary/aromatic N) is 2. The summed E-state index contributed by atoms with van der Waals surface area (Å²) < 4.78 is 0. The minimum absolute atomic E-state index is 0.478. The minimum atomic E-state index is 0.478. The van der Waals surface area contributed by atoms with Crippen LogP contribution in [-0.4, -0.2) is 9.97 Å². The lowest BCUT2D eigenvalue weighted by Gasteiger charge is -2.05. The zero-order valence-electron chi connectivity index (χ0n) is 8.34. The van der Waals surface area contributed by atoms with Crippen molar-refractivity contribution in [2.45, 2.75) is 16.8 Å². The Labute approximate surface area is 92.8 Å². The highest BCUT2D eigenvalue weighted by Crippen LogP contribution is 2.30. The van der Waals surface area contributed by atoms with Gasteiger partial charge >= 0.3 is 0 Å². The summed E-state index contributed by atoms with van der Waals surface area (Å²) in [6.45, 7) is 2.06. The van der Waals surface area contributed by atoms with Gasteiger partial charge in [-0.1, -0.05) is 30.0 Å². The van der Waals surface area contributed by atoms with Crippen LogP contribution in [0.15, 0.2) is 46.6 Å². The van der Waals surface area contributed by atoms with Crippen LogP contribution in [0.1, 0.15) is 5.56 Å². The fourth-order valence-corrected chi connectivity index (χ4v) is 2.04. The second-order valence-corrected chi connectivity index (χ2v) is 4.14. The predicted octanol–water partition coefficient (Wildman–Crippen LogP) is 2.52. The fraction of sp³-hybridized carbons (Fsp3) is 0.0909. The van der Waals surface area contributed by atoms with E-state index in [1.54, 1.807) is 24.2 Å². The molecule has 0 amide bonds. The number of hydrogen-bond donors (Lipinski definition) is 1. The van der Waals surface area contributed by atoms with E-state index in [-0.39, 0.29) is 0 Å². The molecule has 0 aliphatic carbocycles. The smallest absolute Gasteiger partial charge is 0.156 e. The molecular weight excluding hydrogens is 206 g/mol. The first kappa shape index (κ1) is 9.98. The van der Waals surface area contributed by atoms with Crippen LogP contribution in [-0.2, 0) is 0 Å². The second-order valence-electron chi connectivity index (χ2n) is 3.11. The van der Waals surface area contributed by atoms with Gasteiger partial charge in [-0.3, -0.25) is 0 Å². The lowest BCUT2D eigenvalue weighted by Crippen LogP contribution is -1.94. The Morgan fingerprint density at radius 2 is 1.87 bits per heavy atom. The van der Waals surface area contributed by atoms with Gasteiger partial charge in [-0.15, -0.1) is 0 Å². The topological polar surface area (TPSA) is 51.8 Å². The van der Waals surface area contributed by atoms with Crippen LogP contribution in [0, 0.1) is 6.92 Å². The normalized spacial score (nSPS) is 10.2. The Bertz CT molecular complexity index is 427. The van der Waals surface area contributed by atoms with Crippen molar-refractivity contribution in [1.82, 2.24) is 9.97 Å². The third-order valence-corrected chi connectivity index (χ3v) is 3.18. The van der Waals surface area contributed by atoms with E-state index in [9.17, 15) is 0 Å². The lowest BCUT2D eigenvalue weighted by molar-refractivity contribution is 1.07. The van der Waals surface area contributed by atoms with Gasteiger partial charge in [-0.2, -0.15) is 0 Å². The summed E-state index contributed by atoms with van der Waals surface area (Å²) in [7, 11) is 0. The van der Waals surface area contributed by atoms with Gasteiger partial charge in [0.05, 0.1) is 0 Å². The quantitative estimate of drug-likeness (QED) is 0.839. The molecule has 0 unspecified atom stereocenters. The van der Waals surface area contributed by atoms with Crippen molar-refractivity contribution in [3.8, 4) is 0 Å². The van der Waals surface area contributed by atoms with Gasteiger partial charge in [0.2, 0.25) is 0 Å². The van der Waals surface area contributed by atoms with E-state index >= 15 is 0 Å². The fourth-order valence-electron chi connectivity index (χ4n) is 1.19. The van der Waals surface area contributed by atoms with Gasteiger partial charge in [0.15, 0.2) is 5.82 Å². The Morgan fingerprint density at radius 3 is 2.60 bits per heavy atom. The van der Waals surface area contributed by atoms with Crippen LogP contribution in [0.25, 0.3) is 0 Å². The molecule has 0 radical (unpaired) electrons. The number of benzene rings is 1. The lowest BCUT2D eigenvalue weighted by atomic mass is 10.2. The molecule has 15 heavy (non-hydrogen) atoms. The molecule has 2 rings (SSSR count). The number of nitrogen functional groups attached to an aromatic ring is 1. The average Bonchev–Trinajstić information content (AvgIpc) is 2.24. The van der Waals surface area contributed by atoms with Crippen LogP contribution >= 0.6 is 11.8 Å². The first-order valence-electron chi connectivity index (χ1n) is 4.57. The molecule has 2 aromatic rings. The third-order valence-electron chi connectivity index (χ3n) is 1.99. The van der Waals surface area contributed by atoms with E-state index in [0.29, 0.717) is 5.82 Å². The molecule has 3 nitrogen and oxygen atoms in total. The molecule has 0 aliphatic heterocycles. The maximum atomic E-state index is 5.72. The standard InChI is InChI=1S/C11H11N3S/c1-8-4-2-3-5-9(8)15-11-10(12)13-6-7-14-11/h2-7H,1H3,(H2,12,13). The summed E-state index contributed by atoms with van der Waals surface area (Å²) in [5.41, 5.74) is 6.94. The average molecular weight is 217 g/mol. The number of nitrogens with two attached hydrogens (primary N) is 1. The van der Waals surface area contributed by atoms with Crippen LogP contribution in [0.4, 0.5) is 5.82 Å². The van der Waals surface area contributed by atoms with Crippen LogP contribution in [0.2, 0.25) is 0 Å². The zero-order valence-corrected chi connectivity index (χ0v) is 9.16. The maximum Gasteiger partial charge on any atom is 0.156 e. The molecule has 76 valence electrons. The molecule has 0 spiro atoms. The zero-order chi connectivity index (χ0) is 10.7. The summed E-state index contributed by atoms with van der Waals surface area (Å²) in [4.78, 5) is 9.35. The summed E-state index contributed by atoms with van der Waals surface area (Å²) in [5.74, 6) is 0.478. The molecular formula is C11H11N3S. The third kappa shape index (κ3) is 2.27. The molecule has 0 bridgehead atoms. The van der Waals surface area contributed by atoms with E-state index in [1.165, 1.54) is 5.56 Å². The van der Waals surface area contributed by atoms with Crippen molar-refractivity contribution in [2.24, 2.45) is 0 Å². The van der Waals surface area contributed by atoms with Crippen LogP contribution in [0.5, 0.6) is 0 Å². The van der Waals surface area contributed by atoms with Gasteiger partial charge in [0.1, 0.15) is 5.03 Å². The van der Waals surface area contributed by atoms with Crippen molar-refractivity contribution in [3.63, 3.8) is 0 Å². The van der Waals surface area contributed by atoms with E-state index < -0.39 is 0 Å². The summed E-state index contributed by atoms with van der Waals surface area (Å²) in [6, 6.07) is 8.13. The monoisotopic (exact) mass is 217 g/mol. The summed E-state index contributed by atoms with van der Waals surface area (Å²) in [5, 5.41) is 0.756. The van der Waals surface area contributed by atoms with Gasteiger partial charge < -0.3 is 5.73 Å². The van der Waals surface area contributed by atoms with Gasteiger partial charge in [-0.05, 0) is 18.6 Å². The van der Waals surface area contributed by atoms with Crippen LogP contribution < -0.4 is 5.73 Å². The Balaban J connectivity index is 2.30. The van der Waals surface area contributed by atoms with E-state index in [1.807, 2.05) is 18.2 Å². The highest BCUT2D eigenvalue weighted by molar-refractivity contribution is 7.99. The van der Waals surface area contributed by atoms with Crippen molar-refractivity contribution in [1.29, 1.82) is 0 Å². The molecule has 1 aromatic carbocycles. The van der Waals surface area contributed by atoms with E-state index in [4.69, 9.17) is 5.73 Å². The highest BCUT2D eigenvalue weighted by atomic mass is 32.2. The van der Waals surface area contributed by atoms with Gasteiger partial charge in [0, 0.05) is 17.3 Å². The molecule has 0 aliphatic rings. The van der Waals surface area contributed by atoms with Gasteiger partial charge in [-0.25, -0.2) is 9.97 Å². The first-order valence-corrected chi connectivity index (χ1v) is 5.39. The van der Waals surface area contributed by atoms with Crippen molar-refractivity contribution in [3.05, 3.63) is 42.2 Å². The number of aryl methyl sites for hydroxylation is 1. The minimum Gasteiger partial charge on any atom is -0.381 e. The van der Waals surface area contributed by atoms with E-state index in [2.05, 4.69) is 23.0 Å². The Kier molecular flexibility index (Phi) is 2.87. The van der Waals surface area contributed by atoms with Crippen LogP contribution in [0.3, 0.4) is 0 Å². The Morgan fingerprint density at radius 1 is 1.13 bits per heavy atom. The number of aromatic nitrogens is 2. The molecule has 0 saturated heterocycles. The van der Waals surface area contributed by atoms with Gasteiger partial charge in [0.25, 0.3) is 0 Å². The first-order chi connectivity index (χ1) is 7.27. The predicted molar refractivity (Wildman–Crippen MR) is 61.7 cm³/mol. The molecule has 2 N–H and O–H groups in total. The second kappa shape index (κ2) is 4.31. The maximum absolute atomic E-state index is 5.72. The van der Waals surface area contributed by atoms with E-state index in [0.717, 1.165) is 9.92 Å². The summed E-state index contributed by atoms with van der Waals surface area (Å²) >= 11 is 1.54. The molecule has 0 saturated carbocycles. The van der Waals surface area contributed by atoms with Crippen molar-refractivity contribution >= 4 is 17.6 Å². The number of rotatable bonds is 2. The van der Waals surface area contributed by atoms with Crippen molar-refractivity contribution < 1.29 is 0 Å².